The summed E-state index contributed by atoms with van der Waals surface area (Å²) in [5, 5.41) is 0. The number of hydrogen-bond donors (Lipinski definition) is 0. The van der Waals surface area contributed by atoms with Crippen LogP contribution in [-0.2, 0) is 23.8 Å². The number of carbonyl (C=O) groups excluding carboxylic acids is 2. The smallest absolute Gasteiger partial charge is 0.309 e. The molecular formula is C17H24O5. The molecule has 122 valence electrons. The zero-order valence-corrected chi connectivity index (χ0v) is 13.6. The first-order chi connectivity index (χ1) is 10.3. The van der Waals surface area contributed by atoms with Crippen molar-refractivity contribution in [2.75, 3.05) is 0 Å². The van der Waals surface area contributed by atoms with E-state index in [0.29, 0.717) is 6.42 Å². The van der Waals surface area contributed by atoms with Crippen molar-refractivity contribution in [2.24, 2.45) is 11.8 Å². The van der Waals surface area contributed by atoms with Crippen LogP contribution in [-0.4, -0.2) is 35.9 Å². The Morgan fingerprint density at radius 1 is 1.45 bits per heavy atom. The van der Waals surface area contributed by atoms with Gasteiger partial charge in [-0.15, -0.1) is 0 Å². The first-order valence-corrected chi connectivity index (χ1v) is 8.04. The number of allylic oxidation sites excluding steroid dienone is 1. The van der Waals surface area contributed by atoms with Gasteiger partial charge in [-0.05, 0) is 38.7 Å². The number of esters is 2. The fourth-order valence-corrected chi connectivity index (χ4v) is 3.78. The maximum Gasteiger partial charge on any atom is 0.309 e. The lowest BCUT2D eigenvalue weighted by molar-refractivity contribution is -0.146. The van der Waals surface area contributed by atoms with E-state index in [-0.39, 0.29) is 47.7 Å². The Bertz CT molecular complexity index is 525. The number of carbonyl (C=O) groups is 2. The topological polar surface area (TPSA) is 65.1 Å². The average Bonchev–Trinajstić information content (AvgIpc) is 3.02. The van der Waals surface area contributed by atoms with E-state index in [9.17, 15) is 9.59 Å². The van der Waals surface area contributed by atoms with Crippen LogP contribution in [0.4, 0.5) is 0 Å². The third-order valence-corrected chi connectivity index (χ3v) is 5.34. The summed E-state index contributed by atoms with van der Waals surface area (Å²) in [5.41, 5.74) is 0.849. The molecule has 0 N–H and O–H groups in total. The third-order valence-electron chi connectivity index (χ3n) is 5.34. The SMILES string of the molecule is CC(=O)O[C@H]1C[C@@H]2[C@H](OC(=O)[C@H]2C)[C@H]2O[C@]2(C)CC/C=C/1C. The van der Waals surface area contributed by atoms with Gasteiger partial charge >= 0.3 is 11.9 Å². The van der Waals surface area contributed by atoms with Gasteiger partial charge < -0.3 is 14.2 Å². The van der Waals surface area contributed by atoms with E-state index >= 15 is 0 Å². The van der Waals surface area contributed by atoms with Crippen molar-refractivity contribution in [3.8, 4) is 0 Å². The molecule has 0 spiro atoms. The van der Waals surface area contributed by atoms with Crippen LogP contribution in [0.25, 0.3) is 0 Å². The van der Waals surface area contributed by atoms with Crippen molar-refractivity contribution >= 4 is 11.9 Å². The number of hydrogen-bond acceptors (Lipinski definition) is 5. The first-order valence-electron chi connectivity index (χ1n) is 8.04. The Balaban J connectivity index is 1.89. The minimum Gasteiger partial charge on any atom is -0.459 e. The molecule has 22 heavy (non-hydrogen) atoms. The summed E-state index contributed by atoms with van der Waals surface area (Å²) in [5.74, 6) is -0.638. The molecule has 6 atom stereocenters. The van der Waals surface area contributed by atoms with E-state index < -0.39 is 0 Å². The summed E-state index contributed by atoms with van der Waals surface area (Å²) in [7, 11) is 0. The molecule has 3 aliphatic rings. The van der Waals surface area contributed by atoms with Gasteiger partial charge in [0.05, 0.1) is 11.5 Å². The summed E-state index contributed by atoms with van der Waals surface area (Å²) in [6, 6.07) is 0. The summed E-state index contributed by atoms with van der Waals surface area (Å²) in [4.78, 5) is 23.4. The average molecular weight is 308 g/mol. The second kappa shape index (κ2) is 5.37. The molecule has 0 unspecified atom stereocenters. The van der Waals surface area contributed by atoms with Crippen LogP contribution in [0.2, 0.25) is 0 Å². The van der Waals surface area contributed by atoms with E-state index in [0.717, 1.165) is 18.4 Å². The van der Waals surface area contributed by atoms with Crippen LogP contribution in [0.1, 0.15) is 47.0 Å². The standard InChI is InChI=1S/C17H24O5/c1-9-6-5-7-17(4)15(22-17)14-12(10(2)16(19)21-14)8-13(9)20-11(3)18/h6,10,12-15H,5,7-8H2,1-4H3/b9-6+/t10-,12-,13-,14-,15+,17+/m0/s1. The fourth-order valence-electron chi connectivity index (χ4n) is 3.78. The van der Waals surface area contributed by atoms with Crippen molar-refractivity contribution in [2.45, 2.75) is 70.9 Å². The molecule has 3 rings (SSSR count). The van der Waals surface area contributed by atoms with Crippen LogP contribution in [0.5, 0.6) is 0 Å². The second-order valence-electron chi connectivity index (χ2n) is 7.03. The van der Waals surface area contributed by atoms with E-state index in [1.807, 2.05) is 13.8 Å². The van der Waals surface area contributed by atoms with Gasteiger partial charge in [0.2, 0.25) is 0 Å². The van der Waals surface area contributed by atoms with Crippen molar-refractivity contribution < 1.29 is 23.8 Å². The van der Waals surface area contributed by atoms with Crippen LogP contribution < -0.4 is 0 Å². The van der Waals surface area contributed by atoms with Gasteiger partial charge in [-0.25, -0.2) is 0 Å². The Labute approximate surface area is 131 Å². The van der Waals surface area contributed by atoms with Crippen LogP contribution in [0, 0.1) is 11.8 Å². The molecular weight excluding hydrogens is 284 g/mol. The molecule has 0 saturated carbocycles. The van der Waals surface area contributed by atoms with Gasteiger partial charge in [-0.3, -0.25) is 9.59 Å². The highest BCUT2D eigenvalue weighted by molar-refractivity contribution is 5.75. The zero-order chi connectivity index (χ0) is 16.1. The lowest BCUT2D eigenvalue weighted by Gasteiger charge is -2.26. The number of ether oxygens (including phenoxy) is 3. The molecule has 0 bridgehead atoms. The van der Waals surface area contributed by atoms with Crippen LogP contribution in [0.15, 0.2) is 11.6 Å². The van der Waals surface area contributed by atoms with Gasteiger partial charge in [0.15, 0.2) is 0 Å². The van der Waals surface area contributed by atoms with Crippen molar-refractivity contribution in [3.63, 3.8) is 0 Å². The van der Waals surface area contributed by atoms with Gasteiger partial charge in [-0.2, -0.15) is 0 Å². The normalized spacial score (nSPS) is 46.6. The molecule has 0 aromatic carbocycles. The van der Waals surface area contributed by atoms with E-state index in [1.165, 1.54) is 6.92 Å². The molecule has 0 aromatic heterocycles. The van der Waals surface area contributed by atoms with Crippen molar-refractivity contribution in [1.29, 1.82) is 0 Å². The van der Waals surface area contributed by atoms with Gasteiger partial charge in [0.25, 0.3) is 0 Å². The molecule has 2 aliphatic heterocycles. The molecule has 0 aromatic rings. The van der Waals surface area contributed by atoms with Gasteiger partial charge in [0.1, 0.15) is 18.3 Å². The molecule has 1 aliphatic carbocycles. The minimum atomic E-state index is -0.295. The highest BCUT2D eigenvalue weighted by atomic mass is 16.6. The summed E-state index contributed by atoms with van der Waals surface area (Å²) in [6.45, 7) is 7.38. The number of epoxide rings is 1. The first kappa shape index (κ1) is 15.5. The molecule has 5 nitrogen and oxygen atoms in total. The Morgan fingerprint density at radius 3 is 2.86 bits per heavy atom. The van der Waals surface area contributed by atoms with Gasteiger partial charge in [0, 0.05) is 12.8 Å². The van der Waals surface area contributed by atoms with Crippen molar-refractivity contribution in [3.05, 3.63) is 11.6 Å². The highest BCUT2D eigenvalue weighted by Crippen LogP contribution is 2.50. The van der Waals surface area contributed by atoms with Crippen LogP contribution >= 0.6 is 0 Å². The fraction of sp³-hybridized carbons (Fsp3) is 0.765. The van der Waals surface area contributed by atoms with E-state index in [1.54, 1.807) is 0 Å². The summed E-state index contributed by atoms with van der Waals surface area (Å²) < 4.78 is 17.0. The maximum absolute atomic E-state index is 12.0. The Kier molecular flexibility index (Phi) is 3.79. The molecule has 0 radical (unpaired) electrons. The Hall–Kier alpha value is -1.36. The number of rotatable bonds is 1. The minimum absolute atomic E-state index is 0.0186. The molecule has 5 heteroatoms. The monoisotopic (exact) mass is 308 g/mol. The molecule has 2 heterocycles. The zero-order valence-electron chi connectivity index (χ0n) is 13.6. The highest BCUT2D eigenvalue weighted by Gasteiger charge is 2.62. The number of fused-ring (bicyclic) bond motifs is 3. The maximum atomic E-state index is 12.0. The predicted octanol–water partition coefficient (Wildman–Crippen LogP) is 2.38. The second-order valence-corrected chi connectivity index (χ2v) is 7.03. The summed E-state index contributed by atoms with van der Waals surface area (Å²) in [6.07, 6.45) is 3.95. The van der Waals surface area contributed by atoms with E-state index in [4.69, 9.17) is 14.2 Å². The Morgan fingerprint density at radius 2 is 2.18 bits per heavy atom. The summed E-state index contributed by atoms with van der Waals surface area (Å²) >= 11 is 0. The lowest BCUT2D eigenvalue weighted by Crippen LogP contribution is -2.34. The third kappa shape index (κ3) is 2.67. The quantitative estimate of drug-likeness (QED) is 0.423. The largest absolute Gasteiger partial charge is 0.459 e. The molecule has 2 saturated heterocycles. The van der Waals surface area contributed by atoms with E-state index in [2.05, 4.69) is 13.0 Å². The van der Waals surface area contributed by atoms with Gasteiger partial charge in [-0.1, -0.05) is 13.0 Å². The van der Waals surface area contributed by atoms with Crippen molar-refractivity contribution in [1.82, 2.24) is 0 Å². The molecule has 0 amide bonds. The predicted molar refractivity (Wildman–Crippen MR) is 79.0 cm³/mol. The lowest BCUT2D eigenvalue weighted by atomic mass is 9.80. The molecule has 2 fully saturated rings. The van der Waals surface area contributed by atoms with Crippen LogP contribution in [0.3, 0.4) is 0 Å².